The van der Waals surface area contributed by atoms with Crippen LogP contribution in [0.4, 0.5) is 4.39 Å². The summed E-state index contributed by atoms with van der Waals surface area (Å²) in [6.07, 6.45) is 0. The molecule has 0 aromatic heterocycles. The fourth-order valence-corrected chi connectivity index (χ4v) is 1.94. The molecule has 0 aliphatic heterocycles. The van der Waals surface area contributed by atoms with Crippen LogP contribution in [0.25, 0.3) is 0 Å². The third-order valence-electron chi connectivity index (χ3n) is 2.25. The van der Waals surface area contributed by atoms with E-state index in [1.165, 1.54) is 6.07 Å². The Morgan fingerprint density at radius 1 is 1.47 bits per heavy atom. The van der Waals surface area contributed by atoms with Crippen molar-refractivity contribution in [3.8, 4) is 0 Å². The number of thioether (sulfide) groups is 1. The summed E-state index contributed by atoms with van der Waals surface area (Å²) in [6.45, 7) is 5.18. The first-order valence-electron chi connectivity index (χ1n) is 5.30. The smallest absolute Gasteiger partial charge is 0.123 e. The number of benzene rings is 1. The summed E-state index contributed by atoms with van der Waals surface area (Å²) in [7, 11) is 0. The predicted molar refractivity (Wildman–Crippen MR) is 65.8 cm³/mol. The van der Waals surface area contributed by atoms with E-state index in [-0.39, 0.29) is 11.9 Å². The normalized spacial score (nSPS) is 12.7. The van der Waals surface area contributed by atoms with Gasteiger partial charge in [-0.05, 0) is 30.4 Å². The van der Waals surface area contributed by atoms with Crippen LogP contribution in [0, 0.1) is 5.82 Å². The van der Waals surface area contributed by atoms with Gasteiger partial charge in [0.05, 0.1) is 0 Å². The molecule has 0 heterocycles. The van der Waals surface area contributed by atoms with Crippen LogP contribution in [-0.2, 0) is 0 Å². The van der Waals surface area contributed by atoms with Crippen LogP contribution in [0.1, 0.15) is 25.5 Å². The van der Waals surface area contributed by atoms with Gasteiger partial charge in [-0.2, -0.15) is 11.8 Å². The Hall–Kier alpha value is -0.540. The number of halogens is 1. The third-order valence-corrected chi connectivity index (χ3v) is 3.15. The first kappa shape index (κ1) is 12.5. The zero-order chi connectivity index (χ0) is 11.1. The van der Waals surface area contributed by atoms with Gasteiger partial charge >= 0.3 is 0 Å². The molecule has 0 aliphatic carbocycles. The summed E-state index contributed by atoms with van der Waals surface area (Å²) >= 11 is 1.91. The van der Waals surface area contributed by atoms with Crippen molar-refractivity contribution in [2.75, 3.05) is 18.1 Å². The number of nitrogens with one attached hydrogen (secondary N) is 1. The van der Waals surface area contributed by atoms with Crippen molar-refractivity contribution in [2.45, 2.75) is 19.9 Å². The van der Waals surface area contributed by atoms with Gasteiger partial charge in [-0.1, -0.05) is 19.1 Å². The fraction of sp³-hybridized carbons (Fsp3) is 0.500. The second kappa shape index (κ2) is 6.85. The van der Waals surface area contributed by atoms with Gasteiger partial charge in [0.2, 0.25) is 0 Å². The van der Waals surface area contributed by atoms with E-state index in [2.05, 4.69) is 19.2 Å². The standard InChI is InChI=1S/C12H18FNS/c1-3-15-8-7-14-10(2)11-5-4-6-12(13)9-11/h4-6,9-10,14H,3,7-8H2,1-2H3/t10-/m1/s1. The Morgan fingerprint density at radius 3 is 2.93 bits per heavy atom. The first-order valence-corrected chi connectivity index (χ1v) is 6.46. The van der Waals surface area contributed by atoms with Crippen molar-refractivity contribution in [3.05, 3.63) is 35.6 Å². The van der Waals surface area contributed by atoms with Crippen molar-refractivity contribution in [3.63, 3.8) is 0 Å². The molecular formula is C12H18FNS. The molecule has 0 saturated heterocycles. The Balaban J connectivity index is 2.36. The molecule has 15 heavy (non-hydrogen) atoms. The Bertz CT molecular complexity index is 291. The summed E-state index contributed by atoms with van der Waals surface area (Å²) in [5.41, 5.74) is 1.01. The number of hydrogen-bond donors (Lipinski definition) is 1. The molecule has 1 N–H and O–H groups in total. The zero-order valence-corrected chi connectivity index (χ0v) is 10.1. The van der Waals surface area contributed by atoms with Crippen LogP contribution in [0.5, 0.6) is 0 Å². The first-order chi connectivity index (χ1) is 7.24. The molecule has 0 fully saturated rings. The van der Waals surface area contributed by atoms with Gasteiger partial charge in [0.15, 0.2) is 0 Å². The molecule has 0 radical (unpaired) electrons. The molecule has 84 valence electrons. The van der Waals surface area contributed by atoms with Crippen molar-refractivity contribution in [1.29, 1.82) is 0 Å². The summed E-state index contributed by atoms with van der Waals surface area (Å²) in [5, 5.41) is 3.37. The Morgan fingerprint density at radius 2 is 2.27 bits per heavy atom. The molecule has 0 aliphatic rings. The van der Waals surface area contributed by atoms with E-state index >= 15 is 0 Å². The topological polar surface area (TPSA) is 12.0 Å². The number of hydrogen-bond acceptors (Lipinski definition) is 2. The minimum Gasteiger partial charge on any atom is -0.309 e. The van der Waals surface area contributed by atoms with E-state index in [0.29, 0.717) is 0 Å². The van der Waals surface area contributed by atoms with Crippen LogP contribution < -0.4 is 5.32 Å². The van der Waals surface area contributed by atoms with E-state index < -0.39 is 0 Å². The molecule has 0 saturated carbocycles. The maximum atomic E-state index is 12.9. The highest BCUT2D eigenvalue weighted by atomic mass is 32.2. The highest BCUT2D eigenvalue weighted by molar-refractivity contribution is 7.99. The lowest BCUT2D eigenvalue weighted by molar-refractivity contribution is 0.585. The molecule has 0 bridgehead atoms. The monoisotopic (exact) mass is 227 g/mol. The Kier molecular flexibility index (Phi) is 5.73. The zero-order valence-electron chi connectivity index (χ0n) is 9.29. The highest BCUT2D eigenvalue weighted by Crippen LogP contribution is 2.13. The van der Waals surface area contributed by atoms with E-state index in [1.807, 2.05) is 17.8 Å². The summed E-state index contributed by atoms with van der Waals surface area (Å²) in [6, 6.07) is 6.99. The summed E-state index contributed by atoms with van der Waals surface area (Å²) in [5.74, 6) is 2.09. The van der Waals surface area contributed by atoms with Gasteiger partial charge in [-0.25, -0.2) is 4.39 Å². The van der Waals surface area contributed by atoms with E-state index in [9.17, 15) is 4.39 Å². The molecule has 1 nitrogen and oxygen atoms in total. The van der Waals surface area contributed by atoms with Crippen molar-refractivity contribution in [1.82, 2.24) is 5.32 Å². The largest absolute Gasteiger partial charge is 0.309 e. The molecule has 1 atom stereocenters. The van der Waals surface area contributed by atoms with Crippen molar-refractivity contribution >= 4 is 11.8 Å². The average molecular weight is 227 g/mol. The van der Waals surface area contributed by atoms with Crippen LogP contribution >= 0.6 is 11.8 Å². The van der Waals surface area contributed by atoms with Crippen LogP contribution in [0.15, 0.2) is 24.3 Å². The molecule has 0 amide bonds. The predicted octanol–water partition coefficient (Wildman–Crippen LogP) is 3.23. The van der Waals surface area contributed by atoms with Gasteiger partial charge < -0.3 is 5.32 Å². The van der Waals surface area contributed by atoms with Crippen LogP contribution in [0.2, 0.25) is 0 Å². The van der Waals surface area contributed by atoms with Gasteiger partial charge in [-0.15, -0.1) is 0 Å². The average Bonchev–Trinajstić information content (AvgIpc) is 2.24. The second-order valence-electron chi connectivity index (χ2n) is 3.43. The third kappa shape index (κ3) is 4.67. The van der Waals surface area contributed by atoms with E-state index in [1.54, 1.807) is 12.1 Å². The molecule has 1 aromatic rings. The Labute approximate surface area is 95.5 Å². The van der Waals surface area contributed by atoms with Crippen LogP contribution in [0.3, 0.4) is 0 Å². The van der Waals surface area contributed by atoms with Crippen LogP contribution in [-0.4, -0.2) is 18.1 Å². The minimum atomic E-state index is -0.163. The van der Waals surface area contributed by atoms with E-state index in [4.69, 9.17) is 0 Å². The molecule has 3 heteroatoms. The molecular weight excluding hydrogens is 209 g/mol. The molecule has 1 rings (SSSR count). The molecule has 0 unspecified atom stereocenters. The molecule has 0 spiro atoms. The fourth-order valence-electron chi connectivity index (χ4n) is 1.39. The van der Waals surface area contributed by atoms with Crippen molar-refractivity contribution in [2.24, 2.45) is 0 Å². The van der Waals surface area contributed by atoms with Crippen molar-refractivity contribution < 1.29 is 4.39 Å². The van der Waals surface area contributed by atoms with E-state index in [0.717, 1.165) is 23.6 Å². The quantitative estimate of drug-likeness (QED) is 0.749. The minimum absolute atomic E-state index is 0.163. The lowest BCUT2D eigenvalue weighted by Gasteiger charge is -2.13. The lowest BCUT2D eigenvalue weighted by Crippen LogP contribution is -2.21. The summed E-state index contributed by atoms with van der Waals surface area (Å²) in [4.78, 5) is 0. The SMILES string of the molecule is CCSCCN[C@H](C)c1cccc(F)c1. The van der Waals surface area contributed by atoms with Gasteiger partial charge in [0, 0.05) is 18.3 Å². The number of rotatable bonds is 6. The maximum Gasteiger partial charge on any atom is 0.123 e. The van der Waals surface area contributed by atoms with Gasteiger partial charge in [0.1, 0.15) is 5.82 Å². The summed E-state index contributed by atoms with van der Waals surface area (Å²) < 4.78 is 12.9. The second-order valence-corrected chi connectivity index (χ2v) is 4.82. The van der Waals surface area contributed by atoms with Gasteiger partial charge in [-0.3, -0.25) is 0 Å². The molecule has 1 aromatic carbocycles. The highest BCUT2D eigenvalue weighted by Gasteiger charge is 2.04. The van der Waals surface area contributed by atoms with Gasteiger partial charge in [0.25, 0.3) is 0 Å². The lowest BCUT2D eigenvalue weighted by atomic mass is 10.1. The maximum absolute atomic E-state index is 12.9.